The van der Waals surface area contributed by atoms with Gasteiger partial charge in [-0.2, -0.15) is 0 Å². The van der Waals surface area contributed by atoms with E-state index in [2.05, 4.69) is 23.5 Å². The largest absolute Gasteiger partial charge is 0.478 e. The van der Waals surface area contributed by atoms with Crippen LogP contribution in [0.15, 0.2) is 24.3 Å². The fraction of sp³-hybridized carbons (Fsp3) is 0.615. The van der Waals surface area contributed by atoms with Crippen molar-refractivity contribution in [3.05, 3.63) is 24.3 Å². The second-order valence-corrected chi connectivity index (χ2v) is 3.54. The van der Waals surface area contributed by atoms with Crippen molar-refractivity contribution in [3.8, 4) is 0 Å². The Kier molecular flexibility index (Phi) is 13.9. The molecule has 4 nitrogen and oxygen atoms in total. The van der Waals surface area contributed by atoms with E-state index >= 15 is 0 Å². The Hall–Kier alpha value is -1.13. The Balaban J connectivity index is 0. The van der Waals surface area contributed by atoms with Crippen LogP contribution in [0.25, 0.3) is 0 Å². The summed E-state index contributed by atoms with van der Waals surface area (Å²) < 4.78 is 4.60. The lowest BCUT2D eigenvalue weighted by atomic mass is 10.4. The van der Waals surface area contributed by atoms with Crippen LogP contribution in [0.2, 0.25) is 0 Å². The first-order valence-corrected chi connectivity index (χ1v) is 5.75. The average molecular weight is 244 g/mol. The van der Waals surface area contributed by atoms with E-state index in [1.54, 1.807) is 6.92 Å². The van der Waals surface area contributed by atoms with Gasteiger partial charge in [0.25, 0.3) is 0 Å². The first-order valence-electron chi connectivity index (χ1n) is 5.75. The summed E-state index contributed by atoms with van der Waals surface area (Å²) in [5.41, 5.74) is 0.176. The second kappa shape index (κ2) is 12.9. The third-order valence-corrected chi connectivity index (χ3v) is 1.68. The summed E-state index contributed by atoms with van der Waals surface area (Å²) in [5.74, 6) is -0.935. The van der Waals surface area contributed by atoms with Gasteiger partial charge in [0.15, 0.2) is 6.29 Å². The van der Waals surface area contributed by atoms with Crippen LogP contribution in [0.4, 0.5) is 0 Å². The van der Waals surface area contributed by atoms with Crippen molar-refractivity contribution < 1.29 is 19.7 Å². The molecule has 0 amide bonds. The van der Waals surface area contributed by atoms with E-state index in [4.69, 9.17) is 10.2 Å². The van der Waals surface area contributed by atoms with Crippen molar-refractivity contribution in [1.29, 1.82) is 0 Å². The van der Waals surface area contributed by atoms with Gasteiger partial charge in [0.1, 0.15) is 0 Å². The number of carboxylic acid groups (broad SMARTS) is 1. The van der Waals surface area contributed by atoms with Crippen LogP contribution in [0.5, 0.6) is 0 Å². The number of ether oxygens (including phenoxy) is 1. The van der Waals surface area contributed by atoms with Gasteiger partial charge in [0.05, 0.1) is 0 Å². The van der Waals surface area contributed by atoms with Crippen LogP contribution < -0.4 is 0 Å². The lowest BCUT2D eigenvalue weighted by molar-refractivity contribution is -0.132. The van der Waals surface area contributed by atoms with Gasteiger partial charge in [-0.15, -0.1) is 0 Å². The van der Waals surface area contributed by atoms with Crippen molar-refractivity contribution in [2.45, 2.75) is 46.3 Å². The summed E-state index contributed by atoms with van der Waals surface area (Å²) in [4.78, 5) is 9.60. The van der Waals surface area contributed by atoms with Gasteiger partial charge in [0, 0.05) is 12.2 Å². The van der Waals surface area contributed by atoms with Crippen LogP contribution in [-0.2, 0) is 9.53 Å². The van der Waals surface area contributed by atoms with E-state index in [1.807, 2.05) is 6.92 Å². The molecule has 0 radical (unpaired) electrons. The third-order valence-electron chi connectivity index (χ3n) is 1.68. The second-order valence-electron chi connectivity index (χ2n) is 3.54. The Morgan fingerprint density at radius 1 is 1.47 bits per heavy atom. The molecule has 0 fully saturated rings. The number of hydrogen-bond acceptors (Lipinski definition) is 3. The van der Waals surface area contributed by atoms with Crippen molar-refractivity contribution in [2.75, 3.05) is 6.61 Å². The third kappa shape index (κ3) is 20.8. The van der Waals surface area contributed by atoms with E-state index in [1.165, 1.54) is 26.2 Å². The molecule has 0 aromatic heterocycles. The predicted octanol–water partition coefficient (Wildman–Crippen LogP) is 2.73. The minimum atomic E-state index is -0.935. The number of allylic oxidation sites excluding steroid dienone is 2. The maximum atomic E-state index is 9.60. The molecule has 0 aliphatic heterocycles. The lowest BCUT2D eigenvalue weighted by Crippen LogP contribution is -2.04. The quantitative estimate of drug-likeness (QED) is 0.455. The van der Waals surface area contributed by atoms with Crippen molar-refractivity contribution >= 4 is 5.97 Å². The fourth-order valence-electron chi connectivity index (χ4n) is 0.830. The molecule has 17 heavy (non-hydrogen) atoms. The molecule has 0 aromatic rings. The predicted molar refractivity (Wildman–Crippen MR) is 68.7 cm³/mol. The number of carboxylic acids is 1. The molecule has 0 saturated carbocycles. The molecule has 1 aliphatic carbocycles. The smallest absolute Gasteiger partial charge is 0.330 e. The maximum Gasteiger partial charge on any atom is 0.330 e. The molecule has 0 aromatic carbocycles. The van der Waals surface area contributed by atoms with Gasteiger partial charge in [0.2, 0.25) is 0 Å². The topological polar surface area (TPSA) is 66.8 Å². The van der Waals surface area contributed by atoms with Gasteiger partial charge in [-0.1, -0.05) is 18.7 Å². The van der Waals surface area contributed by atoms with Crippen LogP contribution in [0.1, 0.15) is 40.0 Å². The molecule has 0 bridgehead atoms. The number of aliphatic carboxylic acids is 1. The monoisotopic (exact) mass is 244 g/mol. The molecule has 2 N–H and O–H groups in total. The number of rotatable bonds is 3. The molecule has 0 heterocycles. The van der Waals surface area contributed by atoms with Crippen LogP contribution >= 0.6 is 0 Å². The maximum absolute atomic E-state index is 9.60. The van der Waals surface area contributed by atoms with Gasteiger partial charge < -0.3 is 14.9 Å². The van der Waals surface area contributed by atoms with Gasteiger partial charge >= 0.3 is 5.97 Å². The standard InChI is InChI=1S/C5H8.C4H10O2.C4H6O2/c1-2-4-5-3-1;1-3-6-4(2)5;1-3(2)4(5)6/h1-2H,3-5H2;4-5H,3H2,1-2H3;1H2,2H3,(H,5,6). The minimum Gasteiger partial charge on any atom is -0.478 e. The van der Waals surface area contributed by atoms with Gasteiger partial charge in [-0.05, 0) is 40.0 Å². The zero-order valence-electron chi connectivity index (χ0n) is 11.0. The molecule has 1 unspecified atom stereocenters. The first kappa shape index (κ1) is 18.2. The van der Waals surface area contributed by atoms with Crippen LogP contribution in [-0.4, -0.2) is 29.1 Å². The fourth-order valence-corrected chi connectivity index (χ4v) is 0.830. The molecule has 4 heteroatoms. The Morgan fingerprint density at radius 3 is 1.94 bits per heavy atom. The number of aliphatic hydroxyl groups excluding tert-OH is 1. The molecule has 1 aliphatic rings. The number of carbonyl (C=O) groups is 1. The highest BCUT2D eigenvalue weighted by Gasteiger charge is 1.90. The Bertz CT molecular complexity index is 214. The highest BCUT2D eigenvalue weighted by Crippen LogP contribution is 2.05. The highest BCUT2D eigenvalue weighted by molar-refractivity contribution is 5.84. The molecule has 1 rings (SSSR count). The highest BCUT2D eigenvalue weighted by atomic mass is 16.6. The van der Waals surface area contributed by atoms with E-state index in [9.17, 15) is 4.79 Å². The van der Waals surface area contributed by atoms with Gasteiger partial charge in [-0.25, -0.2) is 4.79 Å². The first-order chi connectivity index (χ1) is 7.91. The summed E-state index contributed by atoms with van der Waals surface area (Å²) >= 11 is 0. The van der Waals surface area contributed by atoms with Crippen LogP contribution in [0, 0.1) is 0 Å². The average Bonchev–Trinajstić information content (AvgIpc) is 2.75. The normalized spacial score (nSPS) is 13.9. The Morgan fingerprint density at radius 2 is 1.88 bits per heavy atom. The van der Waals surface area contributed by atoms with Gasteiger partial charge in [-0.3, -0.25) is 0 Å². The molecule has 0 saturated heterocycles. The molecule has 1 atom stereocenters. The molecule has 100 valence electrons. The van der Waals surface area contributed by atoms with E-state index in [-0.39, 0.29) is 5.57 Å². The SMILES string of the molecule is C1=CCCC1.C=C(C)C(=O)O.CCOC(C)O. The lowest BCUT2D eigenvalue weighted by Gasteiger charge is -1.99. The number of aliphatic hydroxyl groups is 1. The minimum absolute atomic E-state index is 0.176. The van der Waals surface area contributed by atoms with E-state index in [0.717, 1.165) is 0 Å². The Labute approximate surface area is 104 Å². The van der Waals surface area contributed by atoms with E-state index in [0.29, 0.717) is 6.61 Å². The zero-order valence-corrected chi connectivity index (χ0v) is 11.0. The summed E-state index contributed by atoms with van der Waals surface area (Å²) in [6.45, 7) is 8.61. The summed E-state index contributed by atoms with van der Waals surface area (Å²) in [5, 5.41) is 16.2. The van der Waals surface area contributed by atoms with Crippen molar-refractivity contribution in [3.63, 3.8) is 0 Å². The van der Waals surface area contributed by atoms with Crippen LogP contribution in [0.3, 0.4) is 0 Å². The molecule has 0 spiro atoms. The summed E-state index contributed by atoms with van der Waals surface area (Å²) in [6.07, 6.45) is 7.90. The molecular formula is C13H24O4. The van der Waals surface area contributed by atoms with E-state index < -0.39 is 12.3 Å². The van der Waals surface area contributed by atoms with Crippen molar-refractivity contribution in [1.82, 2.24) is 0 Å². The summed E-state index contributed by atoms with van der Waals surface area (Å²) in [6, 6.07) is 0. The summed E-state index contributed by atoms with van der Waals surface area (Å²) in [7, 11) is 0. The van der Waals surface area contributed by atoms with Crippen molar-refractivity contribution in [2.24, 2.45) is 0 Å². The number of hydrogen-bond donors (Lipinski definition) is 2. The molecular weight excluding hydrogens is 220 g/mol. The zero-order chi connectivity index (χ0) is 13.7.